The molecular weight excluding hydrogens is 411 g/mol. The molecule has 0 spiro atoms. The fourth-order valence-electron chi connectivity index (χ4n) is 4.30. The lowest BCUT2D eigenvalue weighted by atomic mass is 9.85. The maximum Gasteiger partial charge on any atom is 0.227 e. The van der Waals surface area contributed by atoms with Crippen LogP contribution in [0.3, 0.4) is 0 Å². The Bertz CT molecular complexity index is 1200. The minimum atomic E-state index is -0.386. The van der Waals surface area contributed by atoms with E-state index in [1.165, 1.54) is 28.8 Å². The molecule has 0 saturated carbocycles. The number of aryl methyl sites for hydroxylation is 2. The van der Waals surface area contributed by atoms with Gasteiger partial charge in [0.2, 0.25) is 11.1 Å². The summed E-state index contributed by atoms with van der Waals surface area (Å²) in [7, 11) is 0. The van der Waals surface area contributed by atoms with Gasteiger partial charge in [0.15, 0.2) is 5.78 Å². The molecule has 2 heterocycles. The van der Waals surface area contributed by atoms with Crippen molar-refractivity contribution in [3.8, 4) is 0 Å². The molecule has 1 aromatic heterocycles. The van der Waals surface area contributed by atoms with Crippen molar-refractivity contribution >= 4 is 23.5 Å². The van der Waals surface area contributed by atoms with Gasteiger partial charge in [0.1, 0.15) is 11.9 Å². The molecule has 5 nitrogen and oxygen atoms in total. The number of nitrogens with zero attached hydrogens (tertiary/aromatic N) is 3. The topological polar surface area (TPSA) is 59.8 Å². The van der Waals surface area contributed by atoms with E-state index in [1.54, 1.807) is 28.6 Å². The first-order valence-electron chi connectivity index (χ1n) is 10.4. The zero-order valence-electron chi connectivity index (χ0n) is 17.5. The van der Waals surface area contributed by atoms with Crippen molar-refractivity contribution in [1.29, 1.82) is 0 Å². The lowest BCUT2D eigenvalue weighted by Crippen LogP contribution is -2.31. The van der Waals surface area contributed by atoms with Gasteiger partial charge in [-0.2, -0.15) is 4.98 Å². The summed E-state index contributed by atoms with van der Waals surface area (Å²) < 4.78 is 15.3. The van der Waals surface area contributed by atoms with Gasteiger partial charge in [0.05, 0.1) is 0 Å². The van der Waals surface area contributed by atoms with Gasteiger partial charge in [0, 0.05) is 23.4 Å². The number of fused-ring (bicyclic) bond motifs is 1. The average Bonchev–Trinajstić information content (AvgIpc) is 3.15. The highest BCUT2D eigenvalue weighted by atomic mass is 32.2. The van der Waals surface area contributed by atoms with Gasteiger partial charge in [-0.25, -0.2) is 9.07 Å². The fourth-order valence-corrected chi connectivity index (χ4v) is 5.21. The van der Waals surface area contributed by atoms with Gasteiger partial charge in [0.25, 0.3) is 0 Å². The van der Waals surface area contributed by atoms with Crippen LogP contribution in [0.4, 0.5) is 10.3 Å². The van der Waals surface area contributed by atoms with Gasteiger partial charge in [-0.3, -0.25) is 4.79 Å². The SMILES string of the molecule is Cc1ccc(CSc2nc3n(n2)C(c2ccc(F)cc2)C2=C(CCCC2=O)N3)c(C)c1. The van der Waals surface area contributed by atoms with E-state index in [0.29, 0.717) is 17.5 Å². The zero-order valence-corrected chi connectivity index (χ0v) is 18.3. The summed E-state index contributed by atoms with van der Waals surface area (Å²) in [4.78, 5) is 17.5. The Labute approximate surface area is 184 Å². The van der Waals surface area contributed by atoms with Crippen LogP contribution in [0.25, 0.3) is 0 Å². The Kier molecular flexibility index (Phi) is 5.14. The minimum absolute atomic E-state index is 0.119. The van der Waals surface area contributed by atoms with Crippen LogP contribution >= 0.6 is 11.8 Å². The molecule has 0 fully saturated rings. The summed E-state index contributed by atoms with van der Waals surface area (Å²) in [6.45, 7) is 4.20. The summed E-state index contributed by atoms with van der Waals surface area (Å²) in [6, 6.07) is 12.4. The Morgan fingerprint density at radius 2 is 1.97 bits per heavy atom. The van der Waals surface area contributed by atoms with E-state index in [9.17, 15) is 9.18 Å². The fraction of sp³-hybridized carbons (Fsp3) is 0.292. The van der Waals surface area contributed by atoms with E-state index in [4.69, 9.17) is 10.1 Å². The summed E-state index contributed by atoms with van der Waals surface area (Å²) >= 11 is 1.57. The maximum atomic E-state index is 13.6. The van der Waals surface area contributed by atoms with Crippen LogP contribution in [-0.4, -0.2) is 20.5 Å². The number of Topliss-reactive ketones (excluding diaryl/α,β-unsaturated/α-hetero) is 1. The predicted octanol–water partition coefficient (Wildman–Crippen LogP) is 5.35. The summed E-state index contributed by atoms with van der Waals surface area (Å²) in [5.41, 5.74) is 6.22. The highest BCUT2D eigenvalue weighted by Gasteiger charge is 2.36. The Morgan fingerprint density at radius 1 is 1.16 bits per heavy atom. The Balaban J connectivity index is 1.49. The van der Waals surface area contributed by atoms with Crippen LogP contribution < -0.4 is 5.32 Å². The first-order chi connectivity index (χ1) is 15.0. The quantitative estimate of drug-likeness (QED) is 0.561. The molecule has 1 aliphatic carbocycles. The van der Waals surface area contributed by atoms with Crippen molar-refractivity contribution in [2.45, 2.75) is 50.1 Å². The van der Waals surface area contributed by atoms with Crippen molar-refractivity contribution in [1.82, 2.24) is 14.8 Å². The highest BCUT2D eigenvalue weighted by Crippen LogP contribution is 2.40. The average molecular weight is 435 g/mol. The molecule has 0 radical (unpaired) electrons. The molecule has 1 atom stereocenters. The third kappa shape index (κ3) is 3.78. The summed E-state index contributed by atoms with van der Waals surface area (Å²) in [6.07, 6.45) is 2.15. The summed E-state index contributed by atoms with van der Waals surface area (Å²) in [5, 5.41) is 8.74. The predicted molar refractivity (Wildman–Crippen MR) is 120 cm³/mol. The number of ketones is 1. The molecule has 7 heteroatoms. The lowest BCUT2D eigenvalue weighted by Gasteiger charge is -2.32. The van der Waals surface area contributed by atoms with Crippen molar-refractivity contribution in [3.63, 3.8) is 0 Å². The molecule has 2 aromatic carbocycles. The van der Waals surface area contributed by atoms with E-state index >= 15 is 0 Å². The van der Waals surface area contributed by atoms with Gasteiger partial charge >= 0.3 is 0 Å². The molecule has 5 rings (SSSR count). The molecular formula is C24H23FN4OS. The number of hydrogen-bond donors (Lipinski definition) is 1. The number of anilines is 1. The molecule has 0 amide bonds. The number of carbonyl (C=O) groups excluding carboxylic acids is 1. The second-order valence-electron chi connectivity index (χ2n) is 8.13. The molecule has 3 aromatic rings. The second kappa shape index (κ2) is 7.96. The van der Waals surface area contributed by atoms with Gasteiger partial charge in [-0.15, -0.1) is 5.10 Å². The molecule has 31 heavy (non-hydrogen) atoms. The van der Waals surface area contributed by atoms with Gasteiger partial charge in [-0.1, -0.05) is 47.7 Å². The normalized spacial score (nSPS) is 17.9. The molecule has 0 bridgehead atoms. The molecule has 1 unspecified atom stereocenters. The molecule has 1 aliphatic heterocycles. The Hall–Kier alpha value is -2.93. The highest BCUT2D eigenvalue weighted by molar-refractivity contribution is 7.98. The minimum Gasteiger partial charge on any atom is -0.328 e. The van der Waals surface area contributed by atoms with E-state index in [2.05, 4.69) is 37.4 Å². The number of hydrogen-bond acceptors (Lipinski definition) is 5. The number of benzene rings is 2. The number of aromatic nitrogens is 3. The number of halogens is 1. The van der Waals surface area contributed by atoms with E-state index in [-0.39, 0.29) is 17.6 Å². The number of allylic oxidation sites excluding steroid dienone is 2. The van der Waals surface area contributed by atoms with Gasteiger partial charge in [-0.05, 0) is 55.5 Å². The molecule has 0 saturated heterocycles. The number of carbonyl (C=O) groups is 1. The van der Waals surface area contributed by atoms with Crippen LogP contribution in [-0.2, 0) is 10.5 Å². The second-order valence-corrected chi connectivity index (χ2v) is 9.07. The zero-order chi connectivity index (χ0) is 21.5. The molecule has 1 N–H and O–H groups in total. The largest absolute Gasteiger partial charge is 0.328 e. The van der Waals surface area contributed by atoms with Crippen LogP contribution in [0.15, 0.2) is 58.9 Å². The van der Waals surface area contributed by atoms with Gasteiger partial charge < -0.3 is 5.32 Å². The van der Waals surface area contributed by atoms with Crippen molar-refractivity contribution in [2.24, 2.45) is 0 Å². The summed E-state index contributed by atoms with van der Waals surface area (Å²) in [5.74, 6) is 1.22. The number of thioether (sulfide) groups is 1. The number of rotatable bonds is 4. The van der Waals surface area contributed by atoms with Crippen molar-refractivity contribution < 1.29 is 9.18 Å². The first-order valence-corrected chi connectivity index (χ1v) is 11.4. The third-order valence-corrected chi connectivity index (χ3v) is 6.78. The van der Waals surface area contributed by atoms with E-state index in [1.807, 2.05) is 0 Å². The first kappa shape index (κ1) is 20.0. The van der Waals surface area contributed by atoms with Crippen molar-refractivity contribution in [2.75, 3.05) is 5.32 Å². The molecule has 2 aliphatic rings. The Morgan fingerprint density at radius 3 is 2.74 bits per heavy atom. The smallest absolute Gasteiger partial charge is 0.227 e. The van der Waals surface area contributed by atoms with Crippen LogP contribution in [0.2, 0.25) is 0 Å². The van der Waals surface area contributed by atoms with Crippen LogP contribution in [0, 0.1) is 19.7 Å². The van der Waals surface area contributed by atoms with E-state index < -0.39 is 0 Å². The number of nitrogens with one attached hydrogen (secondary N) is 1. The van der Waals surface area contributed by atoms with E-state index in [0.717, 1.165) is 35.4 Å². The monoisotopic (exact) mass is 434 g/mol. The lowest BCUT2D eigenvalue weighted by molar-refractivity contribution is -0.116. The van der Waals surface area contributed by atoms with Crippen molar-refractivity contribution in [3.05, 3.63) is 81.8 Å². The van der Waals surface area contributed by atoms with Crippen LogP contribution in [0.5, 0.6) is 0 Å². The molecule has 158 valence electrons. The maximum absolute atomic E-state index is 13.6. The standard InChI is InChI=1S/C24H23FN4OS/c1-14-6-7-17(15(2)12-14)13-31-24-27-23-26-19-4-3-5-20(30)21(19)22(29(23)28-24)16-8-10-18(25)11-9-16/h6-12,22H,3-5,13H2,1-2H3,(H,26,27,28). The third-order valence-electron chi connectivity index (χ3n) is 5.89. The van der Waals surface area contributed by atoms with Crippen LogP contribution in [0.1, 0.15) is 47.6 Å².